The zero-order valence-corrected chi connectivity index (χ0v) is 14.8. The van der Waals surface area contributed by atoms with Gasteiger partial charge in [0.05, 0.1) is 12.6 Å². The Morgan fingerprint density at radius 1 is 1.04 bits per heavy atom. The molecule has 1 unspecified atom stereocenters. The van der Waals surface area contributed by atoms with Gasteiger partial charge in [-0.2, -0.15) is 0 Å². The molecule has 0 fully saturated rings. The van der Waals surface area contributed by atoms with Crippen LogP contribution in [0, 0.1) is 0 Å². The molecule has 2 N–H and O–H groups in total. The molecule has 0 saturated carbocycles. The number of benzene rings is 2. The van der Waals surface area contributed by atoms with E-state index in [4.69, 9.17) is 4.74 Å². The van der Waals surface area contributed by atoms with Gasteiger partial charge in [0, 0.05) is 20.2 Å². The van der Waals surface area contributed by atoms with Crippen LogP contribution in [0.15, 0.2) is 59.6 Å². The van der Waals surface area contributed by atoms with Gasteiger partial charge >= 0.3 is 0 Å². The number of hydrogen-bond donors (Lipinski definition) is 2. The van der Waals surface area contributed by atoms with Crippen molar-refractivity contribution in [2.45, 2.75) is 33.0 Å². The van der Waals surface area contributed by atoms with Crippen LogP contribution in [-0.2, 0) is 17.9 Å². The molecule has 2 aromatic rings. The Balaban J connectivity index is 1.95. The van der Waals surface area contributed by atoms with E-state index in [1.165, 1.54) is 16.7 Å². The predicted molar refractivity (Wildman–Crippen MR) is 100.0 cm³/mol. The Labute approximate surface area is 145 Å². The third-order valence-electron chi connectivity index (χ3n) is 3.90. The van der Waals surface area contributed by atoms with Crippen LogP contribution in [0.3, 0.4) is 0 Å². The highest BCUT2D eigenvalue weighted by atomic mass is 16.5. The van der Waals surface area contributed by atoms with Crippen molar-refractivity contribution >= 4 is 5.96 Å². The number of rotatable bonds is 7. The highest BCUT2D eigenvalue weighted by Crippen LogP contribution is 2.12. The zero-order chi connectivity index (χ0) is 17.2. The van der Waals surface area contributed by atoms with Crippen LogP contribution in [0.4, 0.5) is 0 Å². The molecule has 0 aromatic heterocycles. The molecule has 0 radical (unpaired) electrons. The standard InChI is InChI=1S/C20H27N3O/c1-4-24-15-19-13-9-8-12-18(19)14-22-20(21-3)23-16(2)17-10-6-5-7-11-17/h5-13,16H,4,14-15H2,1-3H3,(H2,21,22,23). The van der Waals surface area contributed by atoms with Crippen LogP contribution in [0.25, 0.3) is 0 Å². The molecular formula is C20H27N3O. The minimum Gasteiger partial charge on any atom is -0.377 e. The van der Waals surface area contributed by atoms with Gasteiger partial charge in [-0.05, 0) is 30.5 Å². The van der Waals surface area contributed by atoms with Crippen molar-refractivity contribution in [2.75, 3.05) is 13.7 Å². The lowest BCUT2D eigenvalue weighted by atomic mass is 10.1. The van der Waals surface area contributed by atoms with Gasteiger partial charge in [0.25, 0.3) is 0 Å². The topological polar surface area (TPSA) is 45.6 Å². The maximum absolute atomic E-state index is 5.54. The van der Waals surface area contributed by atoms with Gasteiger partial charge in [-0.3, -0.25) is 4.99 Å². The lowest BCUT2D eigenvalue weighted by molar-refractivity contribution is 0.133. The number of hydrogen-bond acceptors (Lipinski definition) is 2. The van der Waals surface area contributed by atoms with Crippen LogP contribution >= 0.6 is 0 Å². The van der Waals surface area contributed by atoms with Gasteiger partial charge in [0.15, 0.2) is 5.96 Å². The first-order valence-electron chi connectivity index (χ1n) is 8.41. The van der Waals surface area contributed by atoms with E-state index < -0.39 is 0 Å². The quantitative estimate of drug-likeness (QED) is 0.603. The molecule has 0 aliphatic heterocycles. The number of aliphatic imine (C=N–C) groups is 1. The molecule has 128 valence electrons. The first-order valence-corrected chi connectivity index (χ1v) is 8.41. The molecule has 24 heavy (non-hydrogen) atoms. The molecule has 4 nitrogen and oxygen atoms in total. The number of nitrogens with zero attached hydrogens (tertiary/aromatic N) is 1. The van der Waals surface area contributed by atoms with E-state index in [2.05, 4.69) is 52.9 Å². The Morgan fingerprint density at radius 2 is 1.71 bits per heavy atom. The highest BCUT2D eigenvalue weighted by Gasteiger charge is 2.08. The summed E-state index contributed by atoms with van der Waals surface area (Å²) in [5.74, 6) is 0.789. The van der Waals surface area contributed by atoms with Crippen molar-refractivity contribution < 1.29 is 4.74 Å². The van der Waals surface area contributed by atoms with Gasteiger partial charge in [-0.25, -0.2) is 0 Å². The highest BCUT2D eigenvalue weighted by molar-refractivity contribution is 5.80. The maximum atomic E-state index is 5.54. The molecule has 0 aliphatic rings. The maximum Gasteiger partial charge on any atom is 0.191 e. The summed E-state index contributed by atoms with van der Waals surface area (Å²) in [4.78, 5) is 4.32. The molecular weight excluding hydrogens is 298 g/mol. The SMILES string of the molecule is CCOCc1ccccc1CNC(=NC)NC(C)c1ccccc1. The predicted octanol–water partition coefficient (Wildman–Crippen LogP) is 3.65. The molecule has 0 amide bonds. The average Bonchev–Trinajstić information content (AvgIpc) is 2.64. The minimum absolute atomic E-state index is 0.191. The Morgan fingerprint density at radius 3 is 2.38 bits per heavy atom. The van der Waals surface area contributed by atoms with Crippen LogP contribution in [0.2, 0.25) is 0 Å². The molecule has 0 heterocycles. The van der Waals surface area contributed by atoms with Crippen molar-refractivity contribution in [1.82, 2.24) is 10.6 Å². The Bertz CT molecular complexity index is 640. The van der Waals surface area contributed by atoms with Crippen LogP contribution in [-0.4, -0.2) is 19.6 Å². The third kappa shape index (κ3) is 5.39. The monoisotopic (exact) mass is 325 g/mol. The third-order valence-corrected chi connectivity index (χ3v) is 3.90. The van der Waals surface area contributed by atoms with Gasteiger partial charge in [-0.15, -0.1) is 0 Å². The lowest BCUT2D eigenvalue weighted by Crippen LogP contribution is -2.38. The van der Waals surface area contributed by atoms with E-state index in [1.54, 1.807) is 7.05 Å². The number of ether oxygens (including phenoxy) is 1. The second-order valence-corrected chi connectivity index (χ2v) is 5.61. The number of nitrogens with one attached hydrogen (secondary N) is 2. The fourth-order valence-electron chi connectivity index (χ4n) is 2.49. The molecule has 1 atom stereocenters. The average molecular weight is 325 g/mol. The molecule has 0 saturated heterocycles. The summed E-state index contributed by atoms with van der Waals surface area (Å²) < 4.78 is 5.54. The minimum atomic E-state index is 0.191. The smallest absolute Gasteiger partial charge is 0.191 e. The van der Waals surface area contributed by atoms with Gasteiger partial charge in [0.2, 0.25) is 0 Å². The summed E-state index contributed by atoms with van der Waals surface area (Å²) in [6.45, 7) is 6.22. The van der Waals surface area contributed by atoms with Crippen molar-refractivity contribution in [2.24, 2.45) is 4.99 Å². The van der Waals surface area contributed by atoms with E-state index >= 15 is 0 Å². The first-order chi connectivity index (χ1) is 11.7. The van der Waals surface area contributed by atoms with Crippen molar-refractivity contribution in [3.63, 3.8) is 0 Å². The Kier molecular flexibility index (Phi) is 7.30. The summed E-state index contributed by atoms with van der Waals surface area (Å²) in [6.07, 6.45) is 0. The van der Waals surface area contributed by atoms with Gasteiger partial charge < -0.3 is 15.4 Å². The van der Waals surface area contributed by atoms with Crippen LogP contribution in [0.1, 0.15) is 36.6 Å². The summed E-state index contributed by atoms with van der Waals surface area (Å²) in [5, 5.41) is 6.81. The fourth-order valence-corrected chi connectivity index (χ4v) is 2.49. The van der Waals surface area contributed by atoms with Gasteiger partial charge in [0.1, 0.15) is 0 Å². The molecule has 4 heteroatoms. The summed E-state index contributed by atoms with van der Waals surface area (Å²) >= 11 is 0. The van der Waals surface area contributed by atoms with E-state index in [0.29, 0.717) is 13.2 Å². The molecule has 0 spiro atoms. The number of guanidine groups is 1. The molecule has 2 aromatic carbocycles. The largest absolute Gasteiger partial charge is 0.377 e. The molecule has 0 bridgehead atoms. The zero-order valence-electron chi connectivity index (χ0n) is 14.8. The lowest BCUT2D eigenvalue weighted by Gasteiger charge is -2.19. The molecule has 2 rings (SSSR count). The van der Waals surface area contributed by atoms with E-state index in [1.807, 2.05) is 31.2 Å². The second-order valence-electron chi connectivity index (χ2n) is 5.61. The second kappa shape index (κ2) is 9.73. The fraction of sp³-hybridized carbons (Fsp3) is 0.350. The van der Waals surface area contributed by atoms with Crippen LogP contribution in [0.5, 0.6) is 0 Å². The normalized spacial score (nSPS) is 12.7. The van der Waals surface area contributed by atoms with Crippen molar-refractivity contribution in [3.05, 3.63) is 71.3 Å². The van der Waals surface area contributed by atoms with Crippen LogP contribution < -0.4 is 10.6 Å². The summed E-state index contributed by atoms with van der Waals surface area (Å²) in [6, 6.07) is 18.9. The van der Waals surface area contributed by atoms with E-state index in [-0.39, 0.29) is 6.04 Å². The first kappa shape index (κ1) is 18.0. The summed E-state index contributed by atoms with van der Waals surface area (Å²) in [7, 11) is 1.79. The van der Waals surface area contributed by atoms with Crippen molar-refractivity contribution in [1.29, 1.82) is 0 Å². The van der Waals surface area contributed by atoms with Crippen molar-refractivity contribution in [3.8, 4) is 0 Å². The van der Waals surface area contributed by atoms with E-state index in [0.717, 1.165) is 12.6 Å². The van der Waals surface area contributed by atoms with Gasteiger partial charge in [-0.1, -0.05) is 54.6 Å². The van der Waals surface area contributed by atoms with E-state index in [9.17, 15) is 0 Å². The molecule has 0 aliphatic carbocycles. The Hall–Kier alpha value is -2.33. The summed E-state index contributed by atoms with van der Waals surface area (Å²) in [5.41, 5.74) is 3.66.